The molecule has 0 aromatic heterocycles. The lowest BCUT2D eigenvalue weighted by molar-refractivity contribution is 0.216. The summed E-state index contributed by atoms with van der Waals surface area (Å²) in [4.78, 5) is 4.72. The lowest BCUT2D eigenvalue weighted by atomic mass is 9.75. The van der Waals surface area contributed by atoms with Crippen molar-refractivity contribution in [1.29, 1.82) is 0 Å². The highest BCUT2D eigenvalue weighted by atomic mass is 32.2. The van der Waals surface area contributed by atoms with E-state index in [1.807, 2.05) is 0 Å². The Morgan fingerprint density at radius 3 is 2.46 bits per heavy atom. The fraction of sp³-hybridized carbons (Fsp3) is 0.944. The molecule has 0 aromatic carbocycles. The second-order valence-corrected chi connectivity index (χ2v) is 10.7. The Morgan fingerprint density at radius 2 is 1.92 bits per heavy atom. The largest absolute Gasteiger partial charge is 0.354 e. The maximum absolute atomic E-state index is 11.6. The maximum atomic E-state index is 11.6. The molecule has 0 bridgehead atoms. The molecule has 5 nitrogen and oxygen atoms in total. The molecule has 2 aliphatic rings. The van der Waals surface area contributed by atoms with Gasteiger partial charge in [0.05, 0.1) is 11.5 Å². The predicted octanol–water partition coefficient (Wildman–Crippen LogP) is 2.72. The fourth-order valence-corrected chi connectivity index (χ4v) is 5.29. The molecule has 0 aromatic rings. The van der Waals surface area contributed by atoms with Crippen LogP contribution in [0.15, 0.2) is 4.99 Å². The number of nitrogens with zero attached hydrogens (tertiary/aromatic N) is 1. The van der Waals surface area contributed by atoms with Crippen LogP contribution in [0.4, 0.5) is 0 Å². The quantitative estimate of drug-likeness (QED) is 0.586. The Hall–Kier alpha value is -0.780. The maximum Gasteiger partial charge on any atom is 0.191 e. The number of sulfone groups is 1. The summed E-state index contributed by atoms with van der Waals surface area (Å²) >= 11 is 0. The zero-order valence-electron chi connectivity index (χ0n) is 15.8. The number of hydrogen-bond donors (Lipinski definition) is 2. The number of guanidine groups is 1. The zero-order valence-corrected chi connectivity index (χ0v) is 16.6. The highest BCUT2D eigenvalue weighted by Crippen LogP contribution is 2.34. The van der Waals surface area contributed by atoms with Crippen LogP contribution in [-0.2, 0) is 9.84 Å². The van der Waals surface area contributed by atoms with E-state index in [4.69, 9.17) is 4.99 Å². The summed E-state index contributed by atoms with van der Waals surface area (Å²) in [5.74, 6) is 1.66. The third kappa shape index (κ3) is 6.26. The SMILES string of the molecule is CCC(C)NC(=NCC1CCS(=O)(=O)C1)NC1CCC(C)(C)CC1. The highest BCUT2D eigenvalue weighted by Gasteiger charge is 2.29. The molecule has 0 radical (unpaired) electrons. The monoisotopic (exact) mass is 357 g/mol. The van der Waals surface area contributed by atoms with E-state index < -0.39 is 9.84 Å². The molecule has 1 saturated carbocycles. The van der Waals surface area contributed by atoms with Crippen LogP contribution in [0.1, 0.15) is 66.2 Å². The molecular weight excluding hydrogens is 322 g/mol. The Balaban J connectivity index is 1.93. The molecular formula is C18H35N3O2S. The third-order valence-electron chi connectivity index (χ3n) is 5.51. The summed E-state index contributed by atoms with van der Waals surface area (Å²) < 4.78 is 23.2. The Morgan fingerprint density at radius 1 is 1.25 bits per heavy atom. The van der Waals surface area contributed by atoms with E-state index in [1.54, 1.807) is 0 Å². The van der Waals surface area contributed by atoms with Crippen LogP contribution in [0.5, 0.6) is 0 Å². The van der Waals surface area contributed by atoms with E-state index in [0.717, 1.165) is 18.8 Å². The first-order chi connectivity index (χ1) is 11.2. The van der Waals surface area contributed by atoms with Crippen molar-refractivity contribution in [3.05, 3.63) is 0 Å². The number of rotatable bonds is 5. The molecule has 2 atom stereocenters. The van der Waals surface area contributed by atoms with Gasteiger partial charge in [-0.3, -0.25) is 4.99 Å². The van der Waals surface area contributed by atoms with Gasteiger partial charge in [-0.05, 0) is 56.8 Å². The summed E-state index contributed by atoms with van der Waals surface area (Å²) in [6, 6.07) is 0.837. The van der Waals surface area contributed by atoms with Crippen molar-refractivity contribution in [3.63, 3.8) is 0 Å². The standard InChI is InChI=1S/C18H35N3O2S/c1-5-14(2)20-17(19-12-15-8-11-24(22,23)13-15)21-16-6-9-18(3,4)10-7-16/h14-16H,5-13H2,1-4H3,(H2,19,20,21). The zero-order chi connectivity index (χ0) is 17.8. The Bertz CT molecular complexity index is 532. The van der Waals surface area contributed by atoms with Crippen LogP contribution in [-0.4, -0.2) is 44.5 Å². The van der Waals surface area contributed by atoms with Crippen molar-refractivity contribution < 1.29 is 8.42 Å². The summed E-state index contributed by atoms with van der Waals surface area (Å²) in [5, 5.41) is 7.06. The second-order valence-electron chi connectivity index (χ2n) is 8.49. The summed E-state index contributed by atoms with van der Waals surface area (Å²) in [7, 11) is -2.82. The van der Waals surface area contributed by atoms with Gasteiger partial charge >= 0.3 is 0 Å². The normalized spacial score (nSPS) is 28.5. The average molecular weight is 358 g/mol. The minimum absolute atomic E-state index is 0.177. The van der Waals surface area contributed by atoms with Crippen molar-refractivity contribution in [2.24, 2.45) is 16.3 Å². The van der Waals surface area contributed by atoms with E-state index in [-0.39, 0.29) is 5.92 Å². The minimum Gasteiger partial charge on any atom is -0.354 e. The highest BCUT2D eigenvalue weighted by molar-refractivity contribution is 7.91. The second kappa shape index (κ2) is 8.07. The average Bonchev–Trinajstić information content (AvgIpc) is 2.86. The van der Waals surface area contributed by atoms with Crippen LogP contribution in [0.2, 0.25) is 0 Å². The summed E-state index contributed by atoms with van der Waals surface area (Å²) in [5.41, 5.74) is 0.456. The molecule has 140 valence electrons. The van der Waals surface area contributed by atoms with Crippen LogP contribution in [0.3, 0.4) is 0 Å². The molecule has 1 saturated heterocycles. The van der Waals surface area contributed by atoms with E-state index in [2.05, 4.69) is 38.3 Å². The first-order valence-electron chi connectivity index (χ1n) is 9.47. The van der Waals surface area contributed by atoms with Crippen LogP contribution >= 0.6 is 0 Å². The van der Waals surface area contributed by atoms with E-state index >= 15 is 0 Å². The van der Waals surface area contributed by atoms with Crippen molar-refractivity contribution in [2.75, 3.05) is 18.1 Å². The molecule has 0 amide bonds. The van der Waals surface area contributed by atoms with Gasteiger partial charge in [0.15, 0.2) is 15.8 Å². The van der Waals surface area contributed by atoms with E-state index in [9.17, 15) is 8.42 Å². The topological polar surface area (TPSA) is 70.6 Å². The van der Waals surface area contributed by atoms with Crippen molar-refractivity contribution >= 4 is 15.8 Å². The van der Waals surface area contributed by atoms with Gasteiger partial charge in [-0.25, -0.2) is 8.42 Å². The number of aliphatic imine (C=N–C) groups is 1. The fourth-order valence-electron chi connectivity index (χ4n) is 3.44. The molecule has 24 heavy (non-hydrogen) atoms. The number of nitrogens with one attached hydrogen (secondary N) is 2. The van der Waals surface area contributed by atoms with E-state index in [1.165, 1.54) is 25.7 Å². The predicted molar refractivity (Wildman–Crippen MR) is 101 cm³/mol. The molecule has 1 heterocycles. The Kier molecular flexibility index (Phi) is 6.57. The van der Waals surface area contributed by atoms with Gasteiger partial charge in [0, 0.05) is 18.6 Å². The van der Waals surface area contributed by atoms with Crippen molar-refractivity contribution in [1.82, 2.24) is 10.6 Å². The van der Waals surface area contributed by atoms with Crippen molar-refractivity contribution in [2.45, 2.75) is 78.3 Å². The molecule has 2 N–H and O–H groups in total. The molecule has 2 rings (SSSR count). The van der Waals surface area contributed by atoms with Gasteiger partial charge in [0.2, 0.25) is 0 Å². The lowest BCUT2D eigenvalue weighted by Crippen LogP contribution is -2.48. The molecule has 6 heteroatoms. The Labute approximate surface area is 148 Å². The first-order valence-corrected chi connectivity index (χ1v) is 11.3. The van der Waals surface area contributed by atoms with Gasteiger partial charge in [-0.1, -0.05) is 20.8 Å². The van der Waals surface area contributed by atoms with Crippen LogP contribution < -0.4 is 10.6 Å². The van der Waals surface area contributed by atoms with Gasteiger partial charge in [-0.2, -0.15) is 0 Å². The van der Waals surface area contributed by atoms with Gasteiger partial charge in [0.25, 0.3) is 0 Å². The van der Waals surface area contributed by atoms with Gasteiger partial charge < -0.3 is 10.6 Å². The minimum atomic E-state index is -2.82. The van der Waals surface area contributed by atoms with E-state index in [0.29, 0.717) is 35.5 Å². The molecule has 1 aliphatic heterocycles. The molecule has 0 spiro atoms. The van der Waals surface area contributed by atoms with Crippen LogP contribution in [0, 0.1) is 11.3 Å². The number of hydrogen-bond acceptors (Lipinski definition) is 3. The van der Waals surface area contributed by atoms with Crippen LogP contribution in [0.25, 0.3) is 0 Å². The van der Waals surface area contributed by atoms with Gasteiger partial charge in [0.1, 0.15) is 0 Å². The molecule has 2 fully saturated rings. The summed E-state index contributed by atoms with van der Waals surface area (Å²) in [6.07, 6.45) is 6.61. The molecule has 2 unspecified atom stereocenters. The first kappa shape index (κ1) is 19.5. The lowest BCUT2D eigenvalue weighted by Gasteiger charge is -2.35. The molecule has 1 aliphatic carbocycles. The van der Waals surface area contributed by atoms with Crippen molar-refractivity contribution in [3.8, 4) is 0 Å². The third-order valence-corrected chi connectivity index (χ3v) is 7.35. The van der Waals surface area contributed by atoms with Gasteiger partial charge in [-0.15, -0.1) is 0 Å². The smallest absolute Gasteiger partial charge is 0.191 e. The summed E-state index contributed by atoms with van der Waals surface area (Å²) in [6.45, 7) is 9.60.